The number of anilines is 3. The maximum atomic E-state index is 12.0. The van der Waals surface area contributed by atoms with Crippen molar-refractivity contribution in [2.75, 3.05) is 38.9 Å². The Hall–Kier alpha value is -3.89. The molecular formula is C22H30N6O5. The summed E-state index contributed by atoms with van der Waals surface area (Å²) >= 11 is 0. The molecule has 3 aromatic rings. The molecule has 0 aliphatic heterocycles. The number of pyridine rings is 1. The molecule has 2 aromatic heterocycles. The van der Waals surface area contributed by atoms with Crippen LogP contribution >= 0.6 is 0 Å². The highest BCUT2D eigenvalue weighted by molar-refractivity contribution is 5.78. The molecule has 0 radical (unpaired) electrons. The molecule has 0 atom stereocenters. The summed E-state index contributed by atoms with van der Waals surface area (Å²) in [7, 11) is 4.64. The molecule has 1 aromatic carbocycles. The van der Waals surface area contributed by atoms with Gasteiger partial charge in [0.05, 0.1) is 21.3 Å². The van der Waals surface area contributed by atoms with Gasteiger partial charge in [-0.2, -0.15) is 0 Å². The van der Waals surface area contributed by atoms with E-state index in [4.69, 9.17) is 24.7 Å². The van der Waals surface area contributed by atoms with Gasteiger partial charge in [-0.1, -0.05) is 0 Å². The van der Waals surface area contributed by atoms with Gasteiger partial charge in [0.2, 0.25) is 11.7 Å². The van der Waals surface area contributed by atoms with E-state index >= 15 is 0 Å². The molecule has 0 spiro atoms. The predicted molar refractivity (Wildman–Crippen MR) is 126 cm³/mol. The quantitative estimate of drug-likeness (QED) is 0.464. The lowest BCUT2D eigenvalue weighted by atomic mass is 10.2. The highest BCUT2D eigenvalue weighted by Crippen LogP contribution is 2.40. The van der Waals surface area contributed by atoms with Crippen molar-refractivity contribution in [2.45, 2.75) is 32.9 Å². The predicted octanol–water partition coefficient (Wildman–Crippen LogP) is 3.31. The maximum Gasteiger partial charge on any atom is 0.407 e. The molecule has 0 fully saturated rings. The number of ether oxygens (including phenoxy) is 4. The van der Waals surface area contributed by atoms with Gasteiger partial charge in [-0.3, -0.25) is 4.57 Å². The van der Waals surface area contributed by atoms with E-state index in [1.165, 1.54) is 0 Å². The van der Waals surface area contributed by atoms with Gasteiger partial charge in [0.1, 0.15) is 16.9 Å². The largest absolute Gasteiger partial charge is 0.493 e. The normalized spacial score (nSPS) is 11.2. The maximum absolute atomic E-state index is 12.0. The van der Waals surface area contributed by atoms with Crippen molar-refractivity contribution in [3.8, 4) is 17.2 Å². The van der Waals surface area contributed by atoms with Crippen molar-refractivity contribution in [1.29, 1.82) is 0 Å². The Morgan fingerprint density at radius 2 is 1.73 bits per heavy atom. The Balaban J connectivity index is 1.91. The zero-order valence-corrected chi connectivity index (χ0v) is 19.7. The number of amides is 1. The Morgan fingerprint density at radius 3 is 2.30 bits per heavy atom. The van der Waals surface area contributed by atoms with E-state index in [1.54, 1.807) is 45.6 Å². The minimum Gasteiger partial charge on any atom is -0.493 e. The number of hydrogen-bond acceptors (Lipinski definition) is 9. The first kappa shape index (κ1) is 23.8. The topological polar surface area (TPSA) is 135 Å². The van der Waals surface area contributed by atoms with Gasteiger partial charge in [0.15, 0.2) is 17.1 Å². The lowest BCUT2D eigenvalue weighted by Gasteiger charge is -2.20. The van der Waals surface area contributed by atoms with Crippen molar-refractivity contribution in [2.24, 2.45) is 0 Å². The van der Waals surface area contributed by atoms with Crippen LogP contribution in [0, 0.1) is 0 Å². The van der Waals surface area contributed by atoms with Crippen LogP contribution in [-0.2, 0) is 11.3 Å². The van der Waals surface area contributed by atoms with Crippen LogP contribution in [0.15, 0.2) is 24.3 Å². The number of benzene rings is 1. The monoisotopic (exact) mass is 458 g/mol. The van der Waals surface area contributed by atoms with E-state index in [2.05, 4.69) is 20.6 Å². The first-order valence-corrected chi connectivity index (χ1v) is 10.3. The third-order valence-corrected chi connectivity index (χ3v) is 4.54. The minimum absolute atomic E-state index is 0.292. The standard InChI is InChI=1S/C22H30N6O5/c1-22(2,3)33-21(29)24-9-10-28-19-14(7-8-17(23)27-19)26-20(28)25-13-11-15(30-4)18(32-6)16(12-13)31-5/h7-8,11-12H,9-10H2,1-6H3,(H2,23,27)(H,24,29)(H,25,26). The number of nitrogens with one attached hydrogen (secondary N) is 2. The molecule has 3 rings (SSSR count). The van der Waals surface area contributed by atoms with Crippen molar-refractivity contribution in [3.05, 3.63) is 24.3 Å². The van der Waals surface area contributed by atoms with Crippen LogP contribution in [0.5, 0.6) is 17.2 Å². The fraction of sp³-hybridized carbons (Fsp3) is 0.409. The molecule has 33 heavy (non-hydrogen) atoms. The number of imidazole rings is 1. The van der Waals surface area contributed by atoms with Gasteiger partial charge in [-0.15, -0.1) is 0 Å². The van der Waals surface area contributed by atoms with Crippen LogP contribution in [0.25, 0.3) is 11.2 Å². The van der Waals surface area contributed by atoms with Crippen LogP contribution in [0.2, 0.25) is 0 Å². The number of alkyl carbamates (subject to hydrolysis) is 1. The molecule has 0 saturated heterocycles. The molecular weight excluding hydrogens is 428 g/mol. The number of carbonyl (C=O) groups is 1. The lowest BCUT2D eigenvalue weighted by Crippen LogP contribution is -2.34. The highest BCUT2D eigenvalue weighted by Gasteiger charge is 2.18. The molecule has 1 amide bonds. The molecule has 0 unspecified atom stereocenters. The van der Waals surface area contributed by atoms with Crippen molar-refractivity contribution in [3.63, 3.8) is 0 Å². The van der Waals surface area contributed by atoms with Crippen molar-refractivity contribution in [1.82, 2.24) is 19.9 Å². The lowest BCUT2D eigenvalue weighted by molar-refractivity contribution is 0.0526. The van der Waals surface area contributed by atoms with Crippen LogP contribution < -0.4 is 30.6 Å². The van der Waals surface area contributed by atoms with Crippen LogP contribution in [0.3, 0.4) is 0 Å². The van der Waals surface area contributed by atoms with Crippen LogP contribution in [0.1, 0.15) is 20.8 Å². The number of nitrogens with two attached hydrogens (primary N) is 1. The highest BCUT2D eigenvalue weighted by atomic mass is 16.6. The molecule has 4 N–H and O–H groups in total. The van der Waals surface area contributed by atoms with E-state index in [0.29, 0.717) is 59.0 Å². The fourth-order valence-electron chi connectivity index (χ4n) is 3.19. The summed E-state index contributed by atoms with van der Waals surface area (Å²) in [6.07, 6.45) is -0.501. The fourth-order valence-corrected chi connectivity index (χ4v) is 3.19. The van der Waals surface area contributed by atoms with Crippen molar-refractivity contribution >= 4 is 34.7 Å². The van der Waals surface area contributed by atoms with Gasteiger partial charge >= 0.3 is 6.09 Å². The molecule has 2 heterocycles. The second-order valence-electron chi connectivity index (χ2n) is 8.13. The van der Waals surface area contributed by atoms with Gasteiger partial charge in [0, 0.05) is 30.9 Å². The van der Waals surface area contributed by atoms with Crippen molar-refractivity contribution < 1.29 is 23.7 Å². The molecule has 178 valence electrons. The summed E-state index contributed by atoms with van der Waals surface area (Å²) in [5.41, 5.74) is 7.21. The molecule has 0 aliphatic rings. The zero-order chi connectivity index (χ0) is 24.2. The number of fused-ring (bicyclic) bond motifs is 1. The number of aromatic nitrogens is 3. The number of nitrogen functional groups attached to an aromatic ring is 1. The molecule has 0 saturated carbocycles. The van der Waals surface area contributed by atoms with Gasteiger partial charge in [0.25, 0.3) is 0 Å². The van der Waals surface area contributed by atoms with E-state index in [9.17, 15) is 4.79 Å². The second-order valence-corrected chi connectivity index (χ2v) is 8.13. The van der Waals surface area contributed by atoms with Crippen LogP contribution in [-0.4, -0.2) is 54.1 Å². The van der Waals surface area contributed by atoms with E-state index in [1.807, 2.05) is 25.3 Å². The Morgan fingerprint density at radius 1 is 1.06 bits per heavy atom. The smallest absolute Gasteiger partial charge is 0.407 e. The number of carbonyl (C=O) groups excluding carboxylic acids is 1. The molecule has 11 heteroatoms. The summed E-state index contributed by atoms with van der Waals surface area (Å²) < 4.78 is 23.4. The Kier molecular flexibility index (Phi) is 7.00. The third-order valence-electron chi connectivity index (χ3n) is 4.54. The zero-order valence-electron chi connectivity index (χ0n) is 19.7. The third kappa shape index (κ3) is 5.68. The van der Waals surface area contributed by atoms with E-state index < -0.39 is 11.7 Å². The van der Waals surface area contributed by atoms with Crippen LogP contribution in [0.4, 0.5) is 22.2 Å². The Labute approximate surface area is 192 Å². The summed E-state index contributed by atoms with van der Waals surface area (Å²) in [6.45, 7) is 6.09. The Bertz CT molecular complexity index is 1110. The number of hydrogen-bond donors (Lipinski definition) is 3. The van der Waals surface area contributed by atoms with E-state index in [0.717, 1.165) is 0 Å². The first-order valence-electron chi connectivity index (χ1n) is 10.3. The second kappa shape index (κ2) is 9.72. The van der Waals surface area contributed by atoms with Gasteiger partial charge < -0.3 is 35.3 Å². The molecule has 0 aliphatic carbocycles. The minimum atomic E-state index is -0.582. The first-order chi connectivity index (χ1) is 15.6. The van der Waals surface area contributed by atoms with Gasteiger partial charge in [-0.25, -0.2) is 14.8 Å². The summed E-state index contributed by atoms with van der Waals surface area (Å²) in [6, 6.07) is 7.01. The van der Waals surface area contributed by atoms with E-state index in [-0.39, 0.29) is 0 Å². The SMILES string of the molecule is COc1cc(Nc2nc3ccc(N)nc3n2CCNC(=O)OC(C)(C)C)cc(OC)c1OC. The number of methoxy groups -OCH3 is 3. The average molecular weight is 459 g/mol. The summed E-state index contributed by atoms with van der Waals surface area (Å²) in [4.78, 5) is 21.1. The number of nitrogens with zero attached hydrogens (tertiary/aromatic N) is 3. The van der Waals surface area contributed by atoms with Gasteiger partial charge in [-0.05, 0) is 32.9 Å². The summed E-state index contributed by atoms with van der Waals surface area (Å²) in [5.74, 6) is 2.34. The summed E-state index contributed by atoms with van der Waals surface area (Å²) in [5, 5.41) is 6.02. The average Bonchev–Trinajstić information content (AvgIpc) is 3.07. The number of rotatable bonds is 8. The molecule has 11 nitrogen and oxygen atoms in total. The molecule has 0 bridgehead atoms.